The Morgan fingerprint density at radius 1 is 1.30 bits per heavy atom. The molecule has 0 fully saturated rings. The van der Waals surface area contributed by atoms with Crippen LogP contribution in [0, 0.1) is 11.3 Å². The number of aromatic nitrogens is 1. The van der Waals surface area contributed by atoms with Gasteiger partial charge >= 0.3 is 0 Å². The van der Waals surface area contributed by atoms with Gasteiger partial charge in [0.05, 0.1) is 6.61 Å². The summed E-state index contributed by atoms with van der Waals surface area (Å²) in [5, 5.41) is 21.7. The lowest BCUT2D eigenvalue weighted by molar-refractivity contribution is 0.241. The van der Waals surface area contributed by atoms with E-state index in [1.165, 1.54) is 5.56 Å². The van der Waals surface area contributed by atoms with E-state index in [1.54, 1.807) is 0 Å². The Balaban J connectivity index is 1.92. The molecule has 0 spiro atoms. The van der Waals surface area contributed by atoms with E-state index in [9.17, 15) is 5.11 Å². The van der Waals surface area contributed by atoms with Crippen LogP contribution in [0.25, 0.3) is 0 Å². The lowest BCUT2D eigenvalue weighted by atomic mass is 10.1. The first-order valence-corrected chi connectivity index (χ1v) is 6.66. The Labute approximate surface area is 119 Å². The zero-order valence-electron chi connectivity index (χ0n) is 11.6. The highest BCUT2D eigenvalue weighted by molar-refractivity contribution is 5.28. The van der Waals surface area contributed by atoms with E-state index in [1.807, 2.05) is 42.1 Å². The van der Waals surface area contributed by atoms with Gasteiger partial charge in [-0.3, -0.25) is 0 Å². The van der Waals surface area contributed by atoms with Gasteiger partial charge in [0.1, 0.15) is 11.8 Å². The van der Waals surface area contributed by atoms with Crippen molar-refractivity contribution in [2.24, 2.45) is 7.05 Å². The summed E-state index contributed by atoms with van der Waals surface area (Å²) in [4.78, 5) is 0. The van der Waals surface area contributed by atoms with Crippen LogP contribution >= 0.6 is 0 Å². The Bertz CT molecular complexity index is 584. The summed E-state index contributed by atoms with van der Waals surface area (Å²) in [7, 11) is 1.86. The summed E-state index contributed by atoms with van der Waals surface area (Å²) in [5.74, 6) is 0. The Morgan fingerprint density at radius 3 is 2.65 bits per heavy atom. The molecule has 0 saturated heterocycles. The highest BCUT2D eigenvalue weighted by atomic mass is 16.3. The van der Waals surface area contributed by atoms with Crippen molar-refractivity contribution in [2.75, 3.05) is 6.61 Å². The average molecular weight is 269 g/mol. The van der Waals surface area contributed by atoms with E-state index in [0.717, 1.165) is 12.0 Å². The first kappa shape index (κ1) is 14.3. The average Bonchev–Trinajstić information content (AvgIpc) is 2.84. The van der Waals surface area contributed by atoms with E-state index < -0.39 is 0 Å². The topological polar surface area (TPSA) is 61.0 Å². The predicted octanol–water partition coefficient (Wildman–Crippen LogP) is 1.59. The molecular weight excluding hydrogens is 250 g/mol. The van der Waals surface area contributed by atoms with Crippen LogP contribution in [0.15, 0.2) is 42.6 Å². The molecule has 1 unspecified atom stereocenters. The molecule has 0 aliphatic rings. The van der Waals surface area contributed by atoms with Gasteiger partial charge in [-0.25, -0.2) is 0 Å². The summed E-state index contributed by atoms with van der Waals surface area (Å²) in [6.07, 6.45) is 2.72. The number of aryl methyl sites for hydroxylation is 1. The van der Waals surface area contributed by atoms with Gasteiger partial charge in [-0.2, -0.15) is 5.26 Å². The molecule has 104 valence electrons. The van der Waals surface area contributed by atoms with Crippen molar-refractivity contribution < 1.29 is 5.11 Å². The maximum atomic E-state index is 9.45. The van der Waals surface area contributed by atoms with Crippen LogP contribution in [0.1, 0.15) is 16.8 Å². The zero-order chi connectivity index (χ0) is 14.4. The van der Waals surface area contributed by atoms with Crippen LogP contribution in [0.2, 0.25) is 0 Å². The molecule has 2 rings (SSSR count). The first-order valence-electron chi connectivity index (χ1n) is 6.66. The number of hydrogen-bond donors (Lipinski definition) is 2. The van der Waals surface area contributed by atoms with E-state index >= 15 is 0 Å². The number of rotatable bonds is 6. The lowest BCUT2D eigenvalue weighted by Crippen LogP contribution is -2.33. The molecule has 20 heavy (non-hydrogen) atoms. The minimum atomic E-state index is 0.0168. The largest absolute Gasteiger partial charge is 0.395 e. The number of nitriles is 1. The first-order chi connectivity index (χ1) is 9.72. The van der Waals surface area contributed by atoms with E-state index in [-0.39, 0.29) is 12.6 Å². The molecule has 4 nitrogen and oxygen atoms in total. The number of aliphatic hydroxyl groups excluding tert-OH is 1. The molecule has 1 heterocycles. The second-order valence-electron chi connectivity index (χ2n) is 4.91. The fourth-order valence-corrected chi connectivity index (χ4v) is 2.20. The van der Waals surface area contributed by atoms with Crippen molar-refractivity contribution in [1.29, 1.82) is 5.26 Å². The minimum Gasteiger partial charge on any atom is -0.395 e. The van der Waals surface area contributed by atoms with Gasteiger partial charge in [0.25, 0.3) is 0 Å². The third-order valence-electron chi connectivity index (χ3n) is 3.32. The third kappa shape index (κ3) is 3.70. The smallest absolute Gasteiger partial charge is 0.120 e. The fourth-order valence-electron chi connectivity index (χ4n) is 2.20. The van der Waals surface area contributed by atoms with Gasteiger partial charge in [-0.1, -0.05) is 30.3 Å². The second-order valence-corrected chi connectivity index (χ2v) is 4.91. The Hall–Kier alpha value is -2.09. The molecule has 0 bridgehead atoms. The minimum absolute atomic E-state index is 0.0168. The SMILES string of the molecule is Cn1cc(CNC(CO)Cc2ccccc2)cc1C#N. The maximum Gasteiger partial charge on any atom is 0.120 e. The standard InChI is InChI=1S/C16H19N3O/c1-19-11-14(8-16(19)9-17)10-18-15(12-20)7-13-5-3-2-4-6-13/h2-6,8,11,15,18,20H,7,10,12H2,1H3. The number of nitrogens with one attached hydrogen (secondary N) is 1. The quantitative estimate of drug-likeness (QED) is 0.837. The van der Waals surface area contributed by atoms with E-state index in [0.29, 0.717) is 12.2 Å². The molecule has 1 aromatic carbocycles. The van der Waals surface area contributed by atoms with E-state index in [4.69, 9.17) is 5.26 Å². The molecule has 0 aliphatic heterocycles. The molecule has 4 heteroatoms. The van der Waals surface area contributed by atoms with Crippen LogP contribution in [0.4, 0.5) is 0 Å². The lowest BCUT2D eigenvalue weighted by Gasteiger charge is -2.15. The summed E-state index contributed by atoms with van der Waals surface area (Å²) < 4.78 is 1.81. The Kier molecular flexibility index (Phi) is 4.94. The van der Waals surface area contributed by atoms with Crippen molar-refractivity contribution in [3.63, 3.8) is 0 Å². The molecule has 0 amide bonds. The number of benzene rings is 1. The fraction of sp³-hybridized carbons (Fsp3) is 0.312. The number of aliphatic hydroxyl groups is 1. The summed E-state index contributed by atoms with van der Waals surface area (Å²) in [6, 6.07) is 14.1. The highest BCUT2D eigenvalue weighted by Crippen LogP contribution is 2.07. The van der Waals surface area contributed by atoms with Gasteiger partial charge in [-0.15, -0.1) is 0 Å². The molecule has 2 N–H and O–H groups in total. The van der Waals surface area contributed by atoms with Gasteiger partial charge < -0.3 is 15.0 Å². The van der Waals surface area contributed by atoms with Gasteiger partial charge in [-0.05, 0) is 23.6 Å². The maximum absolute atomic E-state index is 9.45. The Morgan fingerprint density at radius 2 is 2.05 bits per heavy atom. The van der Waals surface area contributed by atoms with Crippen molar-refractivity contribution in [1.82, 2.24) is 9.88 Å². The van der Waals surface area contributed by atoms with Gasteiger partial charge in [0, 0.05) is 25.8 Å². The van der Waals surface area contributed by atoms with Crippen LogP contribution in [0.3, 0.4) is 0 Å². The molecule has 1 atom stereocenters. The van der Waals surface area contributed by atoms with E-state index in [2.05, 4.69) is 23.5 Å². The summed E-state index contributed by atoms with van der Waals surface area (Å²) >= 11 is 0. The molecular formula is C16H19N3O. The van der Waals surface area contributed by atoms with Crippen LogP contribution in [-0.4, -0.2) is 22.3 Å². The molecule has 0 saturated carbocycles. The zero-order valence-corrected chi connectivity index (χ0v) is 11.6. The normalized spacial score (nSPS) is 12.1. The predicted molar refractivity (Wildman–Crippen MR) is 78.0 cm³/mol. The van der Waals surface area contributed by atoms with Gasteiger partial charge in [0.2, 0.25) is 0 Å². The van der Waals surface area contributed by atoms with Crippen molar-refractivity contribution in [3.8, 4) is 6.07 Å². The summed E-state index contributed by atoms with van der Waals surface area (Å²) in [5.41, 5.74) is 2.89. The van der Waals surface area contributed by atoms with Gasteiger partial charge in [0.15, 0.2) is 0 Å². The van der Waals surface area contributed by atoms with Crippen LogP contribution in [-0.2, 0) is 20.0 Å². The molecule has 2 aromatic rings. The second kappa shape index (κ2) is 6.90. The van der Waals surface area contributed by atoms with Crippen molar-refractivity contribution in [2.45, 2.75) is 19.0 Å². The molecule has 1 aromatic heterocycles. The summed E-state index contributed by atoms with van der Waals surface area (Å²) in [6.45, 7) is 0.737. The molecule has 0 radical (unpaired) electrons. The van der Waals surface area contributed by atoms with Crippen molar-refractivity contribution in [3.05, 3.63) is 59.4 Å². The van der Waals surface area contributed by atoms with Crippen LogP contribution in [0.5, 0.6) is 0 Å². The highest BCUT2D eigenvalue weighted by Gasteiger charge is 2.09. The monoisotopic (exact) mass is 269 g/mol. The number of nitrogens with zero attached hydrogens (tertiary/aromatic N) is 2. The number of hydrogen-bond acceptors (Lipinski definition) is 3. The third-order valence-corrected chi connectivity index (χ3v) is 3.32. The van der Waals surface area contributed by atoms with Crippen molar-refractivity contribution >= 4 is 0 Å². The van der Waals surface area contributed by atoms with Crippen LogP contribution < -0.4 is 5.32 Å². The molecule has 0 aliphatic carbocycles.